The van der Waals surface area contributed by atoms with Crippen molar-refractivity contribution in [1.29, 1.82) is 0 Å². The van der Waals surface area contributed by atoms with E-state index in [2.05, 4.69) is 13.8 Å². The number of rotatable bonds is 0. The van der Waals surface area contributed by atoms with Crippen LogP contribution in [0.1, 0.15) is 33.1 Å². The first-order valence-corrected chi connectivity index (χ1v) is 3.92. The number of likely N-dealkylation sites (tertiary alicyclic amines) is 1. The lowest BCUT2D eigenvalue weighted by Gasteiger charge is -2.01. The molecule has 0 aliphatic carbocycles. The van der Waals surface area contributed by atoms with Gasteiger partial charge in [-0.1, -0.05) is 20.3 Å². The molecule has 0 radical (unpaired) electrons. The molecule has 1 fully saturated rings. The number of carbonyl (C=O) groups excluding carboxylic acids is 2. The monoisotopic (exact) mass is 157 g/mol. The summed E-state index contributed by atoms with van der Waals surface area (Å²) in [5.74, 6) is -0.120. The van der Waals surface area contributed by atoms with Crippen LogP contribution in [-0.4, -0.2) is 23.8 Å². The van der Waals surface area contributed by atoms with Crippen LogP contribution >= 0.6 is 0 Å². The Balaban J connectivity index is 0.000000292. The van der Waals surface area contributed by atoms with Crippen molar-refractivity contribution in [3.63, 3.8) is 0 Å². The third-order valence-corrected chi connectivity index (χ3v) is 1.30. The van der Waals surface area contributed by atoms with E-state index in [1.54, 1.807) is 0 Å². The van der Waals surface area contributed by atoms with Gasteiger partial charge in [0.05, 0.1) is 0 Å². The Morgan fingerprint density at radius 3 is 1.55 bits per heavy atom. The Labute approximate surface area is 67.4 Å². The van der Waals surface area contributed by atoms with Crippen molar-refractivity contribution < 1.29 is 9.59 Å². The maximum absolute atomic E-state index is 10.5. The first-order valence-electron chi connectivity index (χ1n) is 3.92. The van der Waals surface area contributed by atoms with E-state index >= 15 is 0 Å². The van der Waals surface area contributed by atoms with Crippen molar-refractivity contribution in [1.82, 2.24) is 4.90 Å². The minimum atomic E-state index is -0.0602. The normalized spacial score (nSPS) is 16.5. The van der Waals surface area contributed by atoms with Crippen molar-refractivity contribution >= 4 is 11.8 Å². The highest BCUT2D eigenvalue weighted by atomic mass is 16.2. The summed E-state index contributed by atoms with van der Waals surface area (Å²) >= 11 is 0. The molecule has 0 spiro atoms. The van der Waals surface area contributed by atoms with E-state index in [4.69, 9.17) is 0 Å². The Morgan fingerprint density at radius 1 is 1.18 bits per heavy atom. The van der Waals surface area contributed by atoms with Crippen LogP contribution in [0.5, 0.6) is 0 Å². The van der Waals surface area contributed by atoms with Crippen LogP contribution in [-0.2, 0) is 9.59 Å². The van der Waals surface area contributed by atoms with Gasteiger partial charge in [0.2, 0.25) is 11.8 Å². The lowest BCUT2D eigenvalue weighted by Crippen LogP contribution is -2.23. The van der Waals surface area contributed by atoms with E-state index in [1.165, 1.54) is 18.4 Å². The predicted molar refractivity (Wildman–Crippen MR) is 43.0 cm³/mol. The molecule has 0 bridgehead atoms. The van der Waals surface area contributed by atoms with Crippen molar-refractivity contribution in [2.45, 2.75) is 33.1 Å². The van der Waals surface area contributed by atoms with E-state index < -0.39 is 0 Å². The third-order valence-electron chi connectivity index (χ3n) is 1.30. The maximum Gasteiger partial charge on any atom is 0.229 e. The first kappa shape index (κ1) is 10.1. The summed E-state index contributed by atoms with van der Waals surface area (Å²) in [4.78, 5) is 22.1. The lowest BCUT2D eigenvalue weighted by atomic mass is 10.4. The Bertz CT molecular complexity index is 138. The summed E-state index contributed by atoms with van der Waals surface area (Å²) in [7, 11) is 1.51. The Kier molecular flexibility index (Phi) is 4.50. The molecule has 64 valence electrons. The maximum atomic E-state index is 10.5. The van der Waals surface area contributed by atoms with Crippen LogP contribution < -0.4 is 0 Å². The summed E-state index contributed by atoms with van der Waals surface area (Å²) in [6.45, 7) is 4.25. The molecule has 0 aromatic heterocycles. The number of amides is 2. The zero-order chi connectivity index (χ0) is 8.85. The van der Waals surface area contributed by atoms with E-state index in [0.717, 1.165) is 0 Å². The molecule has 0 atom stereocenters. The third kappa shape index (κ3) is 3.16. The summed E-state index contributed by atoms with van der Waals surface area (Å²) in [5, 5.41) is 0. The standard InChI is InChI=1S/C5H7NO2.C3H8/c1-6-4(7)2-3-5(6)8;1-3-2/h2-3H2,1H3;3H2,1-2H3. The van der Waals surface area contributed by atoms with Crippen LogP contribution in [0.3, 0.4) is 0 Å². The van der Waals surface area contributed by atoms with Gasteiger partial charge in [0.25, 0.3) is 0 Å². The molecular weight excluding hydrogens is 142 g/mol. The van der Waals surface area contributed by atoms with Gasteiger partial charge in [0.1, 0.15) is 0 Å². The molecule has 1 aliphatic rings. The second-order valence-corrected chi connectivity index (χ2v) is 2.55. The molecule has 0 aromatic rings. The molecule has 0 saturated carbocycles. The van der Waals surface area contributed by atoms with Crippen LogP contribution in [0.15, 0.2) is 0 Å². The molecule has 1 rings (SSSR count). The smallest absolute Gasteiger partial charge is 0.229 e. The second-order valence-electron chi connectivity index (χ2n) is 2.55. The summed E-state index contributed by atoms with van der Waals surface area (Å²) in [6.07, 6.45) is 2.05. The highest BCUT2D eigenvalue weighted by Crippen LogP contribution is 2.07. The molecule has 1 heterocycles. The molecule has 0 aromatic carbocycles. The van der Waals surface area contributed by atoms with Gasteiger partial charge in [-0.05, 0) is 0 Å². The van der Waals surface area contributed by atoms with E-state index in [-0.39, 0.29) is 11.8 Å². The molecule has 11 heavy (non-hydrogen) atoms. The van der Waals surface area contributed by atoms with Crippen molar-refractivity contribution in [3.05, 3.63) is 0 Å². The fraction of sp³-hybridized carbons (Fsp3) is 0.750. The molecule has 1 saturated heterocycles. The molecule has 0 N–H and O–H groups in total. The van der Waals surface area contributed by atoms with E-state index in [0.29, 0.717) is 12.8 Å². The molecule has 1 aliphatic heterocycles. The predicted octanol–water partition coefficient (Wildman–Crippen LogP) is 1.18. The van der Waals surface area contributed by atoms with Crippen molar-refractivity contribution in [3.8, 4) is 0 Å². The quantitative estimate of drug-likeness (QED) is 0.495. The summed E-state index contributed by atoms with van der Waals surface area (Å²) < 4.78 is 0. The van der Waals surface area contributed by atoms with Gasteiger partial charge in [0.15, 0.2) is 0 Å². The first-order chi connectivity index (χ1) is 5.13. The number of nitrogens with zero attached hydrogens (tertiary/aromatic N) is 1. The largest absolute Gasteiger partial charge is 0.286 e. The van der Waals surface area contributed by atoms with Gasteiger partial charge >= 0.3 is 0 Å². The number of carbonyl (C=O) groups is 2. The van der Waals surface area contributed by atoms with Crippen molar-refractivity contribution in [2.24, 2.45) is 0 Å². The zero-order valence-electron chi connectivity index (χ0n) is 7.39. The van der Waals surface area contributed by atoms with Gasteiger partial charge in [-0.2, -0.15) is 0 Å². The number of hydrogen-bond donors (Lipinski definition) is 0. The van der Waals surface area contributed by atoms with Crippen LogP contribution in [0, 0.1) is 0 Å². The van der Waals surface area contributed by atoms with Gasteiger partial charge in [0, 0.05) is 19.9 Å². The van der Waals surface area contributed by atoms with Crippen LogP contribution in [0.25, 0.3) is 0 Å². The summed E-state index contributed by atoms with van der Waals surface area (Å²) in [6, 6.07) is 0. The fourth-order valence-electron chi connectivity index (χ4n) is 0.688. The Morgan fingerprint density at radius 2 is 1.45 bits per heavy atom. The molecular formula is C8H15NO2. The van der Waals surface area contributed by atoms with Gasteiger partial charge in [-0.15, -0.1) is 0 Å². The minimum absolute atomic E-state index is 0.0602. The molecule has 3 nitrogen and oxygen atoms in total. The zero-order valence-corrected chi connectivity index (χ0v) is 7.39. The van der Waals surface area contributed by atoms with Gasteiger partial charge in [-0.3, -0.25) is 14.5 Å². The van der Waals surface area contributed by atoms with Crippen LogP contribution in [0.2, 0.25) is 0 Å². The second kappa shape index (κ2) is 4.88. The van der Waals surface area contributed by atoms with Crippen molar-refractivity contribution in [2.75, 3.05) is 7.05 Å². The van der Waals surface area contributed by atoms with E-state index in [9.17, 15) is 9.59 Å². The Hall–Kier alpha value is -0.860. The van der Waals surface area contributed by atoms with Crippen LogP contribution in [0.4, 0.5) is 0 Å². The topological polar surface area (TPSA) is 37.4 Å². The summed E-state index contributed by atoms with van der Waals surface area (Å²) in [5.41, 5.74) is 0. The minimum Gasteiger partial charge on any atom is -0.286 e. The molecule has 2 amide bonds. The number of hydrogen-bond acceptors (Lipinski definition) is 2. The SMILES string of the molecule is CCC.CN1C(=O)CCC1=O. The fourth-order valence-corrected chi connectivity index (χ4v) is 0.688. The molecule has 3 heteroatoms. The highest BCUT2D eigenvalue weighted by molar-refractivity contribution is 6.01. The van der Waals surface area contributed by atoms with Gasteiger partial charge in [-0.25, -0.2) is 0 Å². The highest BCUT2D eigenvalue weighted by Gasteiger charge is 2.24. The number of imide groups is 1. The van der Waals surface area contributed by atoms with E-state index in [1.807, 2.05) is 0 Å². The average molecular weight is 157 g/mol. The lowest BCUT2D eigenvalue weighted by molar-refractivity contribution is -0.136. The van der Waals surface area contributed by atoms with Gasteiger partial charge < -0.3 is 0 Å². The average Bonchev–Trinajstić information content (AvgIpc) is 2.22. The molecule has 0 unspecified atom stereocenters.